The van der Waals surface area contributed by atoms with Crippen LogP contribution in [-0.2, 0) is 11.2 Å². The highest BCUT2D eigenvalue weighted by Crippen LogP contribution is 2.27. The summed E-state index contributed by atoms with van der Waals surface area (Å²) in [6.07, 6.45) is 0.847. The summed E-state index contributed by atoms with van der Waals surface area (Å²) in [7, 11) is 0. The van der Waals surface area contributed by atoms with Gasteiger partial charge in [-0.15, -0.1) is 0 Å². The van der Waals surface area contributed by atoms with Crippen LogP contribution in [0.25, 0.3) is 0 Å². The quantitative estimate of drug-likeness (QED) is 0.941. The van der Waals surface area contributed by atoms with Crippen molar-refractivity contribution in [3.63, 3.8) is 0 Å². The van der Waals surface area contributed by atoms with E-state index in [1.807, 2.05) is 24.3 Å². The van der Waals surface area contributed by atoms with Gasteiger partial charge in [0.25, 0.3) is 5.91 Å². The largest absolute Gasteiger partial charge is 0.341 e. The van der Waals surface area contributed by atoms with E-state index in [-0.39, 0.29) is 11.8 Å². The maximum absolute atomic E-state index is 12.6. The van der Waals surface area contributed by atoms with Crippen LogP contribution in [0.15, 0.2) is 48.5 Å². The molecule has 118 valence electrons. The van der Waals surface area contributed by atoms with Gasteiger partial charge in [-0.3, -0.25) is 9.59 Å². The average Bonchev–Trinajstić information content (AvgIpc) is 2.98. The molecule has 0 saturated carbocycles. The summed E-state index contributed by atoms with van der Waals surface area (Å²) >= 11 is 5.81. The lowest BCUT2D eigenvalue weighted by atomic mass is 10.1. The van der Waals surface area contributed by atoms with Crippen LogP contribution < -0.4 is 10.2 Å². The summed E-state index contributed by atoms with van der Waals surface area (Å²) in [5, 5.41) is 3.32. The summed E-state index contributed by atoms with van der Waals surface area (Å²) in [6, 6.07) is 13.8. The molecule has 3 rings (SSSR count). The van der Waals surface area contributed by atoms with Crippen LogP contribution >= 0.6 is 11.6 Å². The number of para-hydroxylation sites is 1. The van der Waals surface area contributed by atoms with Crippen LogP contribution in [0.4, 0.5) is 5.69 Å². The predicted octanol–water partition coefficient (Wildman–Crippen LogP) is 3.05. The fraction of sp³-hybridized carbons (Fsp3) is 0.222. The molecule has 1 heterocycles. The lowest BCUT2D eigenvalue weighted by Gasteiger charge is -2.22. The van der Waals surface area contributed by atoms with Crippen molar-refractivity contribution < 1.29 is 9.59 Å². The number of rotatable bonds is 3. The highest BCUT2D eigenvalue weighted by molar-refractivity contribution is 6.30. The van der Waals surface area contributed by atoms with Crippen molar-refractivity contribution in [1.82, 2.24) is 5.32 Å². The maximum atomic E-state index is 12.6. The van der Waals surface area contributed by atoms with Gasteiger partial charge in [0.1, 0.15) is 6.04 Å². The molecule has 1 aliphatic heterocycles. The lowest BCUT2D eigenvalue weighted by molar-refractivity contribution is -0.119. The van der Waals surface area contributed by atoms with Crippen molar-refractivity contribution in [2.45, 2.75) is 19.4 Å². The highest BCUT2D eigenvalue weighted by atomic mass is 35.5. The summed E-state index contributed by atoms with van der Waals surface area (Å²) in [5.74, 6) is -0.382. The Balaban J connectivity index is 1.69. The molecular weight excluding hydrogens is 312 g/mol. The van der Waals surface area contributed by atoms with Gasteiger partial charge in [-0.25, -0.2) is 0 Å². The summed E-state index contributed by atoms with van der Waals surface area (Å²) in [6.45, 7) is 2.36. The van der Waals surface area contributed by atoms with Crippen LogP contribution in [0.5, 0.6) is 0 Å². The van der Waals surface area contributed by atoms with Crippen LogP contribution in [-0.4, -0.2) is 24.4 Å². The van der Waals surface area contributed by atoms with Crippen molar-refractivity contribution in [3.05, 3.63) is 64.7 Å². The number of fused-ring (bicyclic) bond motifs is 1. The number of anilines is 1. The topological polar surface area (TPSA) is 49.4 Å². The molecule has 0 radical (unpaired) electrons. The number of benzene rings is 2. The molecule has 0 spiro atoms. The molecule has 0 fully saturated rings. The Kier molecular flexibility index (Phi) is 4.35. The molecular formula is C18H17ClN2O2. The van der Waals surface area contributed by atoms with E-state index >= 15 is 0 Å². The Bertz CT molecular complexity index is 743. The fourth-order valence-electron chi connectivity index (χ4n) is 2.74. The molecule has 0 bridgehead atoms. The third kappa shape index (κ3) is 3.22. The SMILES string of the molecule is C[C@@H](NC(=O)c1ccc(Cl)cc1)C(=O)N1CCc2ccccc21. The van der Waals surface area contributed by atoms with Crippen molar-refractivity contribution in [2.24, 2.45) is 0 Å². The first kappa shape index (κ1) is 15.6. The number of halogens is 1. The van der Waals surface area contributed by atoms with Crippen molar-refractivity contribution in [3.8, 4) is 0 Å². The molecule has 1 aliphatic rings. The average molecular weight is 329 g/mol. The van der Waals surface area contributed by atoms with Gasteiger partial charge in [-0.05, 0) is 49.2 Å². The van der Waals surface area contributed by atoms with E-state index in [1.54, 1.807) is 36.1 Å². The van der Waals surface area contributed by atoms with Crippen LogP contribution in [0, 0.1) is 0 Å². The Morgan fingerprint density at radius 1 is 1.13 bits per heavy atom. The van der Waals surface area contributed by atoms with Crippen LogP contribution in [0.3, 0.4) is 0 Å². The Hall–Kier alpha value is -2.33. The maximum Gasteiger partial charge on any atom is 0.251 e. The predicted molar refractivity (Wildman–Crippen MR) is 90.9 cm³/mol. The summed E-state index contributed by atoms with van der Waals surface area (Å²) in [4.78, 5) is 26.6. The van der Waals surface area contributed by atoms with Gasteiger partial charge in [0.05, 0.1) is 0 Å². The number of nitrogens with one attached hydrogen (secondary N) is 1. The smallest absolute Gasteiger partial charge is 0.251 e. The minimum atomic E-state index is -0.593. The molecule has 23 heavy (non-hydrogen) atoms. The molecule has 1 atom stereocenters. The number of hydrogen-bond donors (Lipinski definition) is 1. The molecule has 0 unspecified atom stereocenters. The van der Waals surface area contributed by atoms with E-state index in [2.05, 4.69) is 5.32 Å². The number of hydrogen-bond acceptors (Lipinski definition) is 2. The van der Waals surface area contributed by atoms with E-state index in [1.165, 1.54) is 0 Å². The second-order valence-electron chi connectivity index (χ2n) is 5.57. The minimum Gasteiger partial charge on any atom is -0.341 e. The molecule has 0 aromatic heterocycles. The van der Waals surface area contributed by atoms with E-state index in [4.69, 9.17) is 11.6 Å². The van der Waals surface area contributed by atoms with Gasteiger partial charge >= 0.3 is 0 Å². The molecule has 0 aliphatic carbocycles. The normalized spacial score (nSPS) is 14.3. The van der Waals surface area contributed by atoms with E-state index < -0.39 is 6.04 Å². The summed E-state index contributed by atoms with van der Waals surface area (Å²) in [5.41, 5.74) is 2.58. The Labute approximate surface area is 140 Å². The Morgan fingerprint density at radius 2 is 1.83 bits per heavy atom. The van der Waals surface area contributed by atoms with Gasteiger partial charge in [-0.2, -0.15) is 0 Å². The van der Waals surface area contributed by atoms with Gasteiger partial charge in [0, 0.05) is 22.8 Å². The van der Waals surface area contributed by atoms with Gasteiger partial charge in [0.15, 0.2) is 0 Å². The highest BCUT2D eigenvalue weighted by Gasteiger charge is 2.28. The molecule has 0 saturated heterocycles. The first-order valence-electron chi connectivity index (χ1n) is 7.52. The zero-order valence-corrected chi connectivity index (χ0v) is 13.5. The number of carbonyl (C=O) groups is 2. The van der Waals surface area contributed by atoms with Gasteiger partial charge in [0.2, 0.25) is 5.91 Å². The number of nitrogens with zero attached hydrogens (tertiary/aromatic N) is 1. The lowest BCUT2D eigenvalue weighted by Crippen LogP contribution is -2.46. The summed E-state index contributed by atoms with van der Waals surface area (Å²) < 4.78 is 0. The number of carbonyl (C=O) groups excluding carboxylic acids is 2. The zero-order valence-electron chi connectivity index (χ0n) is 12.8. The van der Waals surface area contributed by atoms with Crippen molar-refractivity contribution in [2.75, 3.05) is 11.4 Å². The van der Waals surface area contributed by atoms with Crippen LogP contribution in [0.1, 0.15) is 22.8 Å². The van der Waals surface area contributed by atoms with Gasteiger partial charge in [-0.1, -0.05) is 29.8 Å². The number of amides is 2. The molecule has 2 amide bonds. The minimum absolute atomic E-state index is 0.0998. The monoisotopic (exact) mass is 328 g/mol. The first-order chi connectivity index (χ1) is 11.1. The zero-order chi connectivity index (χ0) is 16.4. The van der Waals surface area contributed by atoms with Crippen LogP contribution in [0.2, 0.25) is 5.02 Å². The second kappa shape index (κ2) is 6.42. The molecule has 2 aromatic rings. The molecule has 5 heteroatoms. The molecule has 1 N–H and O–H groups in total. The van der Waals surface area contributed by atoms with Gasteiger partial charge < -0.3 is 10.2 Å². The van der Waals surface area contributed by atoms with Crippen molar-refractivity contribution in [1.29, 1.82) is 0 Å². The van der Waals surface area contributed by atoms with E-state index in [9.17, 15) is 9.59 Å². The second-order valence-corrected chi connectivity index (χ2v) is 6.01. The van der Waals surface area contributed by atoms with E-state index in [0.717, 1.165) is 17.7 Å². The van der Waals surface area contributed by atoms with E-state index in [0.29, 0.717) is 17.1 Å². The van der Waals surface area contributed by atoms with Crippen molar-refractivity contribution >= 4 is 29.1 Å². The fourth-order valence-corrected chi connectivity index (χ4v) is 2.87. The first-order valence-corrected chi connectivity index (χ1v) is 7.90. The standard InChI is InChI=1S/C18H17ClN2O2/c1-12(20-17(22)14-6-8-15(19)9-7-14)18(23)21-11-10-13-4-2-3-5-16(13)21/h2-9,12H,10-11H2,1H3,(H,20,22)/t12-/m1/s1. The third-order valence-corrected chi connectivity index (χ3v) is 4.23. The Morgan fingerprint density at radius 3 is 2.57 bits per heavy atom. The third-order valence-electron chi connectivity index (χ3n) is 3.98. The molecule has 2 aromatic carbocycles. The molecule has 4 nitrogen and oxygen atoms in total.